The predicted molar refractivity (Wildman–Crippen MR) is 74.9 cm³/mol. The fourth-order valence-corrected chi connectivity index (χ4v) is 2.09. The van der Waals surface area contributed by atoms with Crippen molar-refractivity contribution in [2.45, 2.75) is 31.9 Å². The third kappa shape index (κ3) is 3.95. The van der Waals surface area contributed by atoms with E-state index < -0.39 is 0 Å². The molecule has 1 aliphatic heterocycles. The number of amides is 1. The van der Waals surface area contributed by atoms with Gasteiger partial charge >= 0.3 is 0 Å². The monoisotopic (exact) mass is 279 g/mol. The molecule has 20 heavy (non-hydrogen) atoms. The molecule has 0 saturated carbocycles. The normalized spacial score (nSPS) is 19.6. The summed E-state index contributed by atoms with van der Waals surface area (Å²) in [5.74, 6) is 0.306. The number of hydrogen-bond donors (Lipinski definition) is 2. The molecule has 1 aromatic carbocycles. The minimum Gasteiger partial charge on any atom is -0.490 e. The topological polar surface area (TPSA) is 67.8 Å². The first-order valence-corrected chi connectivity index (χ1v) is 6.96. The van der Waals surface area contributed by atoms with Gasteiger partial charge in [-0.25, -0.2) is 0 Å². The lowest BCUT2D eigenvalue weighted by molar-refractivity contribution is 0.0669. The Labute approximate surface area is 118 Å². The van der Waals surface area contributed by atoms with Gasteiger partial charge in [-0.15, -0.1) is 0 Å². The maximum absolute atomic E-state index is 12.1. The van der Waals surface area contributed by atoms with Crippen molar-refractivity contribution in [2.75, 3.05) is 19.8 Å². The molecule has 0 bridgehead atoms. The SMILES string of the molecule is CC(CO)NC(=O)c1ccccc1OCC1CCCO1. The third-order valence-electron chi connectivity index (χ3n) is 3.23. The van der Waals surface area contributed by atoms with E-state index in [1.165, 1.54) is 0 Å². The van der Waals surface area contributed by atoms with Crippen LogP contribution >= 0.6 is 0 Å². The summed E-state index contributed by atoms with van der Waals surface area (Å²) in [5, 5.41) is 11.7. The Hall–Kier alpha value is -1.59. The van der Waals surface area contributed by atoms with Crippen molar-refractivity contribution in [2.24, 2.45) is 0 Å². The van der Waals surface area contributed by atoms with E-state index >= 15 is 0 Å². The quantitative estimate of drug-likeness (QED) is 0.825. The first kappa shape index (κ1) is 14.8. The molecule has 1 amide bonds. The van der Waals surface area contributed by atoms with E-state index in [0.29, 0.717) is 17.9 Å². The Bertz CT molecular complexity index is 443. The summed E-state index contributed by atoms with van der Waals surface area (Å²) < 4.78 is 11.2. The zero-order valence-electron chi connectivity index (χ0n) is 11.7. The second-order valence-corrected chi connectivity index (χ2v) is 5.00. The van der Waals surface area contributed by atoms with Crippen LogP contribution in [0.1, 0.15) is 30.1 Å². The van der Waals surface area contributed by atoms with E-state index in [2.05, 4.69) is 5.32 Å². The number of carbonyl (C=O) groups is 1. The van der Waals surface area contributed by atoms with E-state index in [9.17, 15) is 4.79 Å². The van der Waals surface area contributed by atoms with Crippen molar-refractivity contribution in [1.29, 1.82) is 0 Å². The van der Waals surface area contributed by atoms with Gasteiger partial charge in [-0.05, 0) is 31.9 Å². The molecule has 0 radical (unpaired) electrons. The van der Waals surface area contributed by atoms with E-state index in [4.69, 9.17) is 14.6 Å². The molecule has 1 saturated heterocycles. The van der Waals surface area contributed by atoms with Crippen LogP contribution in [0.3, 0.4) is 0 Å². The van der Waals surface area contributed by atoms with Crippen molar-refractivity contribution < 1.29 is 19.4 Å². The number of aliphatic hydroxyl groups excluding tert-OH is 1. The van der Waals surface area contributed by atoms with Gasteiger partial charge in [0.15, 0.2) is 0 Å². The highest BCUT2D eigenvalue weighted by molar-refractivity contribution is 5.97. The Morgan fingerprint density at radius 1 is 1.55 bits per heavy atom. The summed E-state index contributed by atoms with van der Waals surface area (Å²) in [4.78, 5) is 12.1. The molecular formula is C15H21NO4. The molecule has 0 aromatic heterocycles. The molecule has 1 heterocycles. The van der Waals surface area contributed by atoms with Gasteiger partial charge in [0.1, 0.15) is 12.4 Å². The van der Waals surface area contributed by atoms with Crippen LogP contribution in [0.25, 0.3) is 0 Å². The van der Waals surface area contributed by atoms with Crippen molar-refractivity contribution in [3.63, 3.8) is 0 Å². The number of rotatable bonds is 6. The molecule has 2 N–H and O–H groups in total. The third-order valence-corrected chi connectivity index (χ3v) is 3.23. The average molecular weight is 279 g/mol. The van der Waals surface area contributed by atoms with E-state index in [1.807, 2.05) is 6.07 Å². The molecule has 1 aliphatic rings. The first-order valence-electron chi connectivity index (χ1n) is 6.96. The lowest BCUT2D eigenvalue weighted by Gasteiger charge is -2.16. The Kier molecular flexibility index (Phi) is 5.38. The summed E-state index contributed by atoms with van der Waals surface area (Å²) in [6.45, 7) is 2.89. The van der Waals surface area contributed by atoms with E-state index in [1.54, 1.807) is 25.1 Å². The van der Waals surface area contributed by atoms with Crippen LogP contribution in [0, 0.1) is 0 Å². The van der Waals surface area contributed by atoms with Gasteiger partial charge in [0.05, 0.1) is 18.3 Å². The molecule has 0 spiro atoms. The van der Waals surface area contributed by atoms with Crippen LogP contribution in [0.4, 0.5) is 0 Å². The fraction of sp³-hybridized carbons (Fsp3) is 0.533. The Balaban J connectivity index is 1.99. The van der Waals surface area contributed by atoms with Gasteiger partial charge in [0.25, 0.3) is 5.91 Å². The van der Waals surface area contributed by atoms with Crippen LogP contribution in [-0.2, 0) is 4.74 Å². The highest BCUT2D eigenvalue weighted by Gasteiger charge is 2.18. The first-order chi connectivity index (χ1) is 9.70. The lowest BCUT2D eigenvalue weighted by atomic mass is 10.1. The maximum Gasteiger partial charge on any atom is 0.255 e. The second-order valence-electron chi connectivity index (χ2n) is 5.00. The number of para-hydroxylation sites is 1. The number of benzene rings is 1. The number of aliphatic hydroxyl groups is 1. The van der Waals surface area contributed by atoms with Gasteiger partial charge < -0.3 is 19.9 Å². The van der Waals surface area contributed by atoms with E-state index in [0.717, 1.165) is 19.4 Å². The van der Waals surface area contributed by atoms with E-state index in [-0.39, 0.29) is 24.7 Å². The second kappa shape index (κ2) is 7.26. The van der Waals surface area contributed by atoms with Crippen LogP contribution in [0.15, 0.2) is 24.3 Å². The Morgan fingerprint density at radius 2 is 2.35 bits per heavy atom. The molecule has 1 aromatic rings. The van der Waals surface area contributed by atoms with Crippen molar-refractivity contribution >= 4 is 5.91 Å². The zero-order valence-corrected chi connectivity index (χ0v) is 11.7. The molecule has 2 unspecified atom stereocenters. The minimum atomic E-state index is -0.284. The molecule has 2 rings (SSSR count). The van der Waals surface area contributed by atoms with Crippen LogP contribution in [0.5, 0.6) is 5.75 Å². The van der Waals surface area contributed by atoms with Gasteiger partial charge in [0.2, 0.25) is 0 Å². The van der Waals surface area contributed by atoms with Crippen LogP contribution in [0.2, 0.25) is 0 Å². The van der Waals surface area contributed by atoms with Gasteiger partial charge in [0, 0.05) is 12.6 Å². The lowest BCUT2D eigenvalue weighted by Crippen LogP contribution is -2.35. The van der Waals surface area contributed by atoms with Crippen LogP contribution in [-0.4, -0.2) is 43.0 Å². The van der Waals surface area contributed by atoms with Gasteiger partial charge in [-0.3, -0.25) is 4.79 Å². The number of carbonyl (C=O) groups excluding carboxylic acids is 1. The van der Waals surface area contributed by atoms with Gasteiger partial charge in [-0.2, -0.15) is 0 Å². The van der Waals surface area contributed by atoms with Crippen molar-refractivity contribution in [3.05, 3.63) is 29.8 Å². The molecule has 5 nitrogen and oxygen atoms in total. The largest absolute Gasteiger partial charge is 0.490 e. The van der Waals surface area contributed by atoms with Gasteiger partial charge in [-0.1, -0.05) is 12.1 Å². The molecule has 5 heteroatoms. The fourth-order valence-electron chi connectivity index (χ4n) is 2.09. The number of nitrogens with one attached hydrogen (secondary N) is 1. The maximum atomic E-state index is 12.1. The standard InChI is InChI=1S/C15H21NO4/c1-11(9-17)16-15(18)13-6-2-3-7-14(13)20-10-12-5-4-8-19-12/h2-3,6-7,11-12,17H,4-5,8-10H2,1H3,(H,16,18). The molecule has 2 atom stereocenters. The highest BCUT2D eigenvalue weighted by Crippen LogP contribution is 2.20. The molecule has 0 aliphatic carbocycles. The zero-order chi connectivity index (χ0) is 14.4. The van der Waals surface area contributed by atoms with Crippen LogP contribution < -0.4 is 10.1 Å². The van der Waals surface area contributed by atoms with Crippen molar-refractivity contribution in [1.82, 2.24) is 5.32 Å². The highest BCUT2D eigenvalue weighted by atomic mass is 16.5. The summed E-state index contributed by atoms with van der Waals surface area (Å²) in [5.41, 5.74) is 0.478. The summed E-state index contributed by atoms with van der Waals surface area (Å²) >= 11 is 0. The molecule has 110 valence electrons. The Morgan fingerprint density at radius 3 is 3.05 bits per heavy atom. The average Bonchev–Trinajstić information content (AvgIpc) is 2.98. The summed E-state index contributed by atoms with van der Waals surface area (Å²) in [7, 11) is 0. The minimum absolute atomic E-state index is 0.0926. The summed E-state index contributed by atoms with van der Waals surface area (Å²) in [6, 6.07) is 6.82. The predicted octanol–water partition coefficient (Wildman–Crippen LogP) is 1.35. The number of hydrogen-bond acceptors (Lipinski definition) is 4. The number of ether oxygens (including phenoxy) is 2. The molecule has 1 fully saturated rings. The smallest absolute Gasteiger partial charge is 0.255 e. The molecular weight excluding hydrogens is 258 g/mol. The summed E-state index contributed by atoms with van der Waals surface area (Å²) in [6.07, 6.45) is 2.17. The van der Waals surface area contributed by atoms with Crippen molar-refractivity contribution in [3.8, 4) is 5.75 Å².